The minimum Gasteiger partial charge on any atom is -0.409 e. The van der Waals surface area contributed by atoms with Crippen molar-refractivity contribution >= 4 is 33.1 Å². The Balaban J connectivity index is 2.58. The maximum absolute atomic E-state index is 9.00. The zero-order valence-electron chi connectivity index (χ0n) is 12.3. The van der Waals surface area contributed by atoms with Crippen molar-refractivity contribution in [2.45, 2.75) is 13.8 Å². The number of benzene rings is 2. The summed E-state index contributed by atoms with van der Waals surface area (Å²) in [5, 5.41) is 12.1. The molecule has 0 saturated carbocycles. The van der Waals surface area contributed by atoms with Crippen molar-refractivity contribution in [3.05, 3.63) is 57.6 Å². The third-order valence-electron chi connectivity index (χ3n) is 3.43. The van der Waals surface area contributed by atoms with Gasteiger partial charge in [-0.2, -0.15) is 0 Å². The topological polar surface area (TPSA) is 61.8 Å². The molecule has 0 heterocycles. The van der Waals surface area contributed by atoms with Crippen molar-refractivity contribution < 1.29 is 5.21 Å². The average molecular weight is 348 g/mol. The number of halogens is 1. The third kappa shape index (κ3) is 3.03. The summed E-state index contributed by atoms with van der Waals surface area (Å²) >= 11 is 3.46. The van der Waals surface area contributed by atoms with E-state index in [1.54, 1.807) is 0 Å². The second-order valence-corrected chi connectivity index (χ2v) is 5.82. The lowest BCUT2D eigenvalue weighted by Crippen LogP contribution is -2.20. The molecule has 0 radical (unpaired) electrons. The summed E-state index contributed by atoms with van der Waals surface area (Å²) in [6.45, 7) is 4.14. The molecule has 0 unspecified atom stereocenters. The van der Waals surface area contributed by atoms with Crippen molar-refractivity contribution in [3.8, 4) is 0 Å². The lowest BCUT2D eigenvalue weighted by atomic mass is 10.1. The highest BCUT2D eigenvalue weighted by Crippen LogP contribution is 2.33. The van der Waals surface area contributed by atoms with E-state index in [9.17, 15) is 0 Å². The molecule has 0 aliphatic carbocycles. The number of amidine groups is 1. The number of hydrogen-bond acceptors (Lipinski definition) is 3. The zero-order chi connectivity index (χ0) is 15.6. The molecule has 21 heavy (non-hydrogen) atoms. The number of rotatable bonds is 3. The van der Waals surface area contributed by atoms with E-state index in [1.807, 2.05) is 30.1 Å². The Labute approximate surface area is 133 Å². The van der Waals surface area contributed by atoms with E-state index >= 15 is 0 Å². The van der Waals surface area contributed by atoms with Crippen molar-refractivity contribution in [1.29, 1.82) is 0 Å². The van der Waals surface area contributed by atoms with Gasteiger partial charge in [-0.25, -0.2) is 0 Å². The molecule has 0 amide bonds. The van der Waals surface area contributed by atoms with Gasteiger partial charge < -0.3 is 15.8 Å². The van der Waals surface area contributed by atoms with Crippen LogP contribution >= 0.6 is 15.9 Å². The first kappa shape index (κ1) is 15.4. The van der Waals surface area contributed by atoms with Crippen LogP contribution < -0.4 is 10.6 Å². The molecular weight excluding hydrogens is 330 g/mol. The first-order chi connectivity index (χ1) is 9.95. The first-order valence-electron chi connectivity index (χ1n) is 6.53. The lowest BCUT2D eigenvalue weighted by molar-refractivity contribution is 0.318. The van der Waals surface area contributed by atoms with Crippen LogP contribution in [0.2, 0.25) is 0 Å². The third-order valence-corrected chi connectivity index (χ3v) is 4.09. The first-order valence-corrected chi connectivity index (χ1v) is 7.32. The van der Waals surface area contributed by atoms with Crippen LogP contribution in [0, 0.1) is 13.8 Å². The maximum atomic E-state index is 9.00. The highest BCUT2D eigenvalue weighted by Gasteiger charge is 2.16. The van der Waals surface area contributed by atoms with Crippen molar-refractivity contribution in [3.63, 3.8) is 0 Å². The molecule has 4 nitrogen and oxygen atoms in total. The second-order valence-electron chi connectivity index (χ2n) is 4.97. The van der Waals surface area contributed by atoms with E-state index in [-0.39, 0.29) is 5.84 Å². The van der Waals surface area contributed by atoms with Crippen LogP contribution in [0.15, 0.2) is 46.0 Å². The quantitative estimate of drug-likeness (QED) is 0.382. The molecule has 0 aliphatic rings. The zero-order valence-corrected chi connectivity index (χ0v) is 13.8. The summed E-state index contributed by atoms with van der Waals surface area (Å²) in [6.07, 6.45) is 0. The van der Waals surface area contributed by atoms with Gasteiger partial charge in [0.05, 0.1) is 11.3 Å². The number of nitrogens with zero attached hydrogens (tertiary/aromatic N) is 2. The van der Waals surface area contributed by atoms with Gasteiger partial charge in [0, 0.05) is 17.2 Å². The summed E-state index contributed by atoms with van der Waals surface area (Å²) in [4.78, 5) is 2.03. The van der Waals surface area contributed by atoms with E-state index in [4.69, 9.17) is 10.9 Å². The molecule has 110 valence electrons. The Bertz CT molecular complexity index is 698. The average Bonchev–Trinajstić information content (AvgIpc) is 2.45. The molecule has 0 spiro atoms. The Morgan fingerprint density at radius 1 is 1.19 bits per heavy atom. The molecular formula is C16H18BrN3O. The minimum atomic E-state index is 0.0779. The molecule has 2 rings (SSSR count). The normalized spacial score (nSPS) is 11.5. The molecule has 2 aromatic carbocycles. The van der Waals surface area contributed by atoms with Crippen molar-refractivity contribution in [2.24, 2.45) is 10.9 Å². The Hall–Kier alpha value is -2.01. The minimum absolute atomic E-state index is 0.0779. The predicted octanol–water partition coefficient (Wildman–Crippen LogP) is 3.93. The van der Waals surface area contributed by atoms with Gasteiger partial charge in [0.15, 0.2) is 5.84 Å². The van der Waals surface area contributed by atoms with Crippen LogP contribution in [0.5, 0.6) is 0 Å². The fourth-order valence-corrected chi connectivity index (χ4v) is 2.97. The predicted molar refractivity (Wildman–Crippen MR) is 90.6 cm³/mol. The fraction of sp³-hybridized carbons (Fsp3) is 0.188. The molecule has 5 heteroatoms. The summed E-state index contributed by atoms with van der Waals surface area (Å²) < 4.78 is 0.784. The fourth-order valence-electron chi connectivity index (χ4n) is 2.41. The van der Waals surface area contributed by atoms with E-state index in [0.717, 1.165) is 15.8 Å². The number of hydrogen-bond donors (Lipinski definition) is 2. The van der Waals surface area contributed by atoms with Crippen molar-refractivity contribution in [2.75, 3.05) is 11.9 Å². The van der Waals surface area contributed by atoms with Gasteiger partial charge >= 0.3 is 0 Å². The van der Waals surface area contributed by atoms with Gasteiger partial charge in [-0.15, -0.1) is 0 Å². The second kappa shape index (κ2) is 6.18. The Kier molecular flexibility index (Phi) is 4.53. The standard InChI is InChI=1S/C16H18BrN3O/c1-10-7-8-13(11(2)9-10)20(3)14-6-4-5-12(17)15(14)16(18)19-21/h4-9,21H,1-3H3,(H2,18,19). The van der Waals surface area contributed by atoms with E-state index < -0.39 is 0 Å². The monoisotopic (exact) mass is 347 g/mol. The maximum Gasteiger partial charge on any atom is 0.173 e. The highest BCUT2D eigenvalue weighted by molar-refractivity contribution is 9.10. The molecule has 0 bridgehead atoms. The van der Waals surface area contributed by atoms with Crippen LogP contribution in [0.4, 0.5) is 11.4 Å². The van der Waals surface area contributed by atoms with Gasteiger partial charge in [0.25, 0.3) is 0 Å². The van der Waals surface area contributed by atoms with Crippen LogP contribution in [0.25, 0.3) is 0 Å². The molecule has 0 atom stereocenters. The largest absolute Gasteiger partial charge is 0.409 e. The van der Waals surface area contributed by atoms with Gasteiger partial charge in [-0.3, -0.25) is 0 Å². The van der Waals surface area contributed by atoms with Crippen molar-refractivity contribution in [1.82, 2.24) is 0 Å². The highest BCUT2D eigenvalue weighted by atomic mass is 79.9. The molecule has 0 saturated heterocycles. The Morgan fingerprint density at radius 2 is 1.90 bits per heavy atom. The summed E-state index contributed by atoms with van der Waals surface area (Å²) in [6, 6.07) is 12.0. The van der Waals surface area contributed by atoms with Crippen LogP contribution in [-0.4, -0.2) is 18.1 Å². The van der Waals surface area contributed by atoms with E-state index in [0.29, 0.717) is 5.56 Å². The molecule has 2 aromatic rings. The Morgan fingerprint density at radius 3 is 2.52 bits per heavy atom. The lowest BCUT2D eigenvalue weighted by Gasteiger charge is -2.25. The molecule has 3 N–H and O–H groups in total. The van der Waals surface area contributed by atoms with E-state index in [1.165, 1.54) is 11.1 Å². The number of anilines is 2. The van der Waals surface area contributed by atoms with Gasteiger partial charge in [0.2, 0.25) is 0 Å². The summed E-state index contributed by atoms with van der Waals surface area (Å²) in [5.41, 5.74) is 10.8. The summed E-state index contributed by atoms with van der Waals surface area (Å²) in [7, 11) is 1.97. The van der Waals surface area contributed by atoms with Gasteiger partial charge in [0.1, 0.15) is 0 Å². The van der Waals surface area contributed by atoms with Gasteiger partial charge in [-0.1, -0.05) is 28.9 Å². The van der Waals surface area contributed by atoms with Gasteiger partial charge in [-0.05, 0) is 53.5 Å². The summed E-state index contributed by atoms with van der Waals surface area (Å²) in [5.74, 6) is 0.0779. The number of aryl methyl sites for hydroxylation is 2. The number of nitrogens with two attached hydrogens (primary N) is 1. The SMILES string of the molecule is Cc1ccc(N(C)c2cccc(Br)c2/C(N)=N/O)c(C)c1. The van der Waals surface area contributed by atoms with Crippen LogP contribution in [0.1, 0.15) is 16.7 Å². The molecule has 0 fully saturated rings. The van der Waals surface area contributed by atoms with Crippen LogP contribution in [-0.2, 0) is 0 Å². The molecule has 0 aliphatic heterocycles. The smallest absolute Gasteiger partial charge is 0.173 e. The number of oxime groups is 1. The van der Waals surface area contributed by atoms with E-state index in [2.05, 4.69) is 53.1 Å². The van der Waals surface area contributed by atoms with Crippen LogP contribution in [0.3, 0.4) is 0 Å². The molecule has 0 aromatic heterocycles.